The van der Waals surface area contributed by atoms with Crippen LogP contribution in [-0.2, 0) is 27.4 Å². The monoisotopic (exact) mass is 283 g/mol. The number of benzene rings is 2. The Kier molecular flexibility index (Phi) is 5.10. The molecule has 0 saturated heterocycles. The fourth-order valence-electron chi connectivity index (χ4n) is 1.98. The largest absolute Gasteiger partial charge is 0.460 e. The van der Waals surface area contributed by atoms with Crippen molar-refractivity contribution >= 4 is 11.9 Å². The van der Waals surface area contributed by atoms with Gasteiger partial charge in [-0.3, -0.25) is 9.59 Å². The molecule has 1 amide bonds. The number of hydrogen-bond acceptors (Lipinski definition) is 3. The Morgan fingerprint density at radius 2 is 1.43 bits per heavy atom. The summed E-state index contributed by atoms with van der Waals surface area (Å²) in [5.74, 6) is -2.22. The normalized spacial score (nSPS) is 11.6. The number of ether oxygens (including phenoxy) is 1. The molecule has 0 saturated carbocycles. The summed E-state index contributed by atoms with van der Waals surface area (Å²) in [6.07, 6.45) is 0.254. The Morgan fingerprint density at radius 3 is 1.95 bits per heavy atom. The highest BCUT2D eigenvalue weighted by Crippen LogP contribution is 2.12. The van der Waals surface area contributed by atoms with Gasteiger partial charge in [0.25, 0.3) is 0 Å². The average molecular weight is 283 g/mol. The maximum atomic E-state index is 12.0. The molecule has 1 unspecified atom stereocenters. The lowest BCUT2D eigenvalue weighted by molar-refractivity contribution is -0.153. The van der Waals surface area contributed by atoms with Gasteiger partial charge in [-0.25, -0.2) is 0 Å². The van der Waals surface area contributed by atoms with Crippen LogP contribution in [0, 0.1) is 5.92 Å². The van der Waals surface area contributed by atoms with E-state index in [-0.39, 0.29) is 13.0 Å². The van der Waals surface area contributed by atoms with E-state index in [9.17, 15) is 9.59 Å². The highest BCUT2D eigenvalue weighted by Gasteiger charge is 2.26. The summed E-state index contributed by atoms with van der Waals surface area (Å²) in [6.45, 7) is 0.137. The first-order chi connectivity index (χ1) is 10.2. The molecular weight excluding hydrogens is 266 g/mol. The van der Waals surface area contributed by atoms with Crippen molar-refractivity contribution in [2.75, 3.05) is 0 Å². The molecule has 4 heteroatoms. The first-order valence-corrected chi connectivity index (χ1v) is 6.70. The number of esters is 1. The Labute approximate surface area is 123 Å². The van der Waals surface area contributed by atoms with E-state index in [1.165, 1.54) is 0 Å². The molecule has 2 rings (SSSR count). The second-order valence-electron chi connectivity index (χ2n) is 4.74. The minimum absolute atomic E-state index is 0.137. The average Bonchev–Trinajstić information content (AvgIpc) is 2.52. The molecule has 2 N–H and O–H groups in total. The van der Waals surface area contributed by atoms with Crippen LogP contribution in [0.3, 0.4) is 0 Å². The molecule has 0 heterocycles. The lowest BCUT2D eigenvalue weighted by Crippen LogP contribution is -2.33. The van der Waals surface area contributed by atoms with E-state index in [0.717, 1.165) is 11.1 Å². The van der Waals surface area contributed by atoms with Crippen LogP contribution in [0.4, 0.5) is 0 Å². The molecule has 0 aliphatic carbocycles. The van der Waals surface area contributed by atoms with Gasteiger partial charge in [0.15, 0.2) is 0 Å². The summed E-state index contributed by atoms with van der Waals surface area (Å²) in [5, 5.41) is 0. The lowest BCUT2D eigenvalue weighted by Gasteiger charge is -2.13. The topological polar surface area (TPSA) is 69.4 Å². The summed E-state index contributed by atoms with van der Waals surface area (Å²) in [4.78, 5) is 23.5. The van der Waals surface area contributed by atoms with E-state index in [1.807, 2.05) is 60.7 Å². The predicted octanol–water partition coefficient (Wildman–Crippen LogP) is 2.07. The second kappa shape index (κ2) is 7.24. The number of nitrogens with two attached hydrogens (primary N) is 1. The molecule has 0 fully saturated rings. The number of rotatable bonds is 6. The van der Waals surface area contributed by atoms with Gasteiger partial charge in [0.1, 0.15) is 12.5 Å². The lowest BCUT2D eigenvalue weighted by atomic mass is 9.99. The SMILES string of the molecule is NC(=O)C(Cc1ccccc1)C(=O)OCc1ccccc1. The van der Waals surface area contributed by atoms with E-state index in [0.29, 0.717) is 0 Å². The molecule has 21 heavy (non-hydrogen) atoms. The summed E-state index contributed by atoms with van der Waals surface area (Å²) >= 11 is 0. The fourth-order valence-corrected chi connectivity index (χ4v) is 1.98. The van der Waals surface area contributed by atoms with Gasteiger partial charge in [0, 0.05) is 0 Å². The Bertz CT molecular complexity index is 596. The van der Waals surface area contributed by atoms with Crippen molar-refractivity contribution in [3.63, 3.8) is 0 Å². The zero-order chi connectivity index (χ0) is 15.1. The van der Waals surface area contributed by atoms with Gasteiger partial charge in [-0.05, 0) is 17.5 Å². The van der Waals surface area contributed by atoms with E-state index in [2.05, 4.69) is 0 Å². The summed E-state index contributed by atoms with van der Waals surface area (Å²) in [5.41, 5.74) is 7.06. The van der Waals surface area contributed by atoms with Crippen molar-refractivity contribution in [1.82, 2.24) is 0 Å². The standard InChI is InChI=1S/C17H17NO3/c18-16(19)15(11-13-7-3-1-4-8-13)17(20)21-12-14-9-5-2-6-10-14/h1-10,15H,11-12H2,(H2,18,19). The van der Waals surface area contributed by atoms with Crippen LogP contribution in [-0.4, -0.2) is 11.9 Å². The summed E-state index contributed by atoms with van der Waals surface area (Å²) in [6, 6.07) is 18.6. The molecule has 108 valence electrons. The Balaban J connectivity index is 1.98. The highest BCUT2D eigenvalue weighted by molar-refractivity contribution is 5.97. The van der Waals surface area contributed by atoms with Crippen LogP contribution in [0.25, 0.3) is 0 Å². The van der Waals surface area contributed by atoms with Gasteiger partial charge in [-0.1, -0.05) is 60.7 Å². The van der Waals surface area contributed by atoms with Gasteiger partial charge in [-0.2, -0.15) is 0 Å². The van der Waals surface area contributed by atoms with Crippen LogP contribution in [0.5, 0.6) is 0 Å². The van der Waals surface area contributed by atoms with Crippen molar-refractivity contribution in [2.24, 2.45) is 11.7 Å². The molecule has 0 bridgehead atoms. The quantitative estimate of drug-likeness (QED) is 0.652. The smallest absolute Gasteiger partial charge is 0.319 e. The molecule has 2 aromatic rings. The number of carbonyl (C=O) groups is 2. The predicted molar refractivity (Wildman–Crippen MR) is 79.1 cm³/mol. The van der Waals surface area contributed by atoms with Crippen molar-refractivity contribution in [2.45, 2.75) is 13.0 Å². The van der Waals surface area contributed by atoms with Gasteiger partial charge in [0.05, 0.1) is 0 Å². The Morgan fingerprint density at radius 1 is 0.905 bits per heavy atom. The molecule has 0 radical (unpaired) electrons. The van der Waals surface area contributed by atoms with Gasteiger partial charge >= 0.3 is 5.97 Å². The molecule has 0 spiro atoms. The molecule has 2 aromatic carbocycles. The molecule has 1 atom stereocenters. The third-order valence-corrected chi connectivity index (χ3v) is 3.13. The summed E-state index contributed by atoms with van der Waals surface area (Å²) < 4.78 is 5.18. The van der Waals surface area contributed by atoms with Gasteiger partial charge in [0.2, 0.25) is 5.91 Å². The molecular formula is C17H17NO3. The van der Waals surface area contributed by atoms with Crippen LogP contribution < -0.4 is 5.73 Å². The maximum Gasteiger partial charge on any atom is 0.319 e. The van der Waals surface area contributed by atoms with Crippen LogP contribution in [0.15, 0.2) is 60.7 Å². The van der Waals surface area contributed by atoms with Crippen LogP contribution >= 0.6 is 0 Å². The number of carbonyl (C=O) groups excluding carboxylic acids is 2. The highest BCUT2D eigenvalue weighted by atomic mass is 16.5. The summed E-state index contributed by atoms with van der Waals surface area (Å²) in [7, 11) is 0. The zero-order valence-electron chi connectivity index (χ0n) is 11.6. The van der Waals surface area contributed by atoms with Gasteiger partial charge in [-0.15, -0.1) is 0 Å². The molecule has 0 aliphatic heterocycles. The number of hydrogen-bond donors (Lipinski definition) is 1. The van der Waals surface area contributed by atoms with Crippen molar-refractivity contribution < 1.29 is 14.3 Å². The zero-order valence-corrected chi connectivity index (χ0v) is 11.6. The van der Waals surface area contributed by atoms with Crippen molar-refractivity contribution in [1.29, 1.82) is 0 Å². The van der Waals surface area contributed by atoms with E-state index in [1.54, 1.807) is 0 Å². The van der Waals surface area contributed by atoms with E-state index >= 15 is 0 Å². The molecule has 0 aliphatic rings. The minimum Gasteiger partial charge on any atom is -0.460 e. The third-order valence-electron chi connectivity index (χ3n) is 3.13. The number of amides is 1. The first kappa shape index (κ1) is 14.8. The molecule has 0 aromatic heterocycles. The van der Waals surface area contributed by atoms with Crippen molar-refractivity contribution in [3.05, 3.63) is 71.8 Å². The Hall–Kier alpha value is -2.62. The van der Waals surface area contributed by atoms with Crippen molar-refractivity contribution in [3.8, 4) is 0 Å². The first-order valence-electron chi connectivity index (χ1n) is 6.70. The van der Waals surface area contributed by atoms with Gasteiger partial charge < -0.3 is 10.5 Å². The third kappa shape index (κ3) is 4.45. The van der Waals surface area contributed by atoms with E-state index < -0.39 is 17.8 Å². The number of primary amides is 1. The second-order valence-corrected chi connectivity index (χ2v) is 4.74. The van der Waals surface area contributed by atoms with E-state index in [4.69, 9.17) is 10.5 Å². The van der Waals surface area contributed by atoms with Crippen LogP contribution in [0.1, 0.15) is 11.1 Å². The fraction of sp³-hybridized carbons (Fsp3) is 0.176. The van der Waals surface area contributed by atoms with Crippen LogP contribution in [0.2, 0.25) is 0 Å². The minimum atomic E-state index is -0.962. The molecule has 4 nitrogen and oxygen atoms in total. The maximum absolute atomic E-state index is 12.0.